The molecule has 1 aromatic carbocycles. The Labute approximate surface area is 121 Å². The molecule has 0 atom stereocenters. The van der Waals surface area contributed by atoms with Crippen LogP contribution in [0.15, 0.2) is 34.2 Å². The Morgan fingerprint density at radius 1 is 1.26 bits per heavy atom. The van der Waals surface area contributed by atoms with E-state index in [1.807, 2.05) is 38.1 Å². The molecular formula is C13H15ClN4S. The van der Waals surface area contributed by atoms with Gasteiger partial charge in [0.25, 0.3) is 0 Å². The Hall–Kier alpha value is -1.30. The topological polar surface area (TPSA) is 63.8 Å². The van der Waals surface area contributed by atoms with E-state index in [2.05, 4.69) is 15.4 Å². The van der Waals surface area contributed by atoms with Crippen molar-refractivity contribution in [1.82, 2.24) is 9.97 Å². The number of hydrazine groups is 1. The lowest BCUT2D eigenvalue weighted by molar-refractivity contribution is 0.871. The molecule has 0 fully saturated rings. The highest BCUT2D eigenvalue weighted by atomic mass is 35.5. The minimum Gasteiger partial charge on any atom is -0.308 e. The van der Waals surface area contributed by atoms with Crippen LogP contribution in [0.2, 0.25) is 5.02 Å². The SMILES string of the molecule is CCc1nc(NN)c(C)c(Sc2ccc(Cl)cc2)n1. The van der Waals surface area contributed by atoms with E-state index in [0.717, 1.165) is 32.8 Å². The van der Waals surface area contributed by atoms with Crippen molar-refractivity contribution in [2.75, 3.05) is 5.43 Å². The number of nitrogens with two attached hydrogens (primary N) is 1. The number of nitrogens with zero attached hydrogens (tertiary/aromatic N) is 2. The van der Waals surface area contributed by atoms with Crippen molar-refractivity contribution < 1.29 is 0 Å². The fourth-order valence-electron chi connectivity index (χ4n) is 1.55. The molecule has 0 bridgehead atoms. The van der Waals surface area contributed by atoms with Crippen molar-refractivity contribution in [3.05, 3.63) is 40.7 Å². The first-order valence-electron chi connectivity index (χ1n) is 5.91. The highest BCUT2D eigenvalue weighted by Gasteiger charge is 2.10. The van der Waals surface area contributed by atoms with Gasteiger partial charge in [-0.1, -0.05) is 30.3 Å². The van der Waals surface area contributed by atoms with Gasteiger partial charge in [0.1, 0.15) is 16.7 Å². The van der Waals surface area contributed by atoms with Crippen LogP contribution < -0.4 is 11.3 Å². The molecule has 3 N–H and O–H groups in total. The van der Waals surface area contributed by atoms with Gasteiger partial charge in [0.15, 0.2) is 0 Å². The second kappa shape index (κ2) is 6.23. The molecule has 0 amide bonds. The molecule has 2 rings (SSSR count). The van der Waals surface area contributed by atoms with Crippen LogP contribution in [0.25, 0.3) is 0 Å². The molecule has 1 aromatic heterocycles. The molecule has 4 nitrogen and oxygen atoms in total. The fraction of sp³-hybridized carbons (Fsp3) is 0.231. The van der Waals surface area contributed by atoms with Crippen LogP contribution >= 0.6 is 23.4 Å². The zero-order chi connectivity index (χ0) is 13.8. The monoisotopic (exact) mass is 294 g/mol. The Morgan fingerprint density at radius 3 is 2.53 bits per heavy atom. The van der Waals surface area contributed by atoms with Gasteiger partial charge in [-0.2, -0.15) is 0 Å². The zero-order valence-corrected chi connectivity index (χ0v) is 12.3. The van der Waals surface area contributed by atoms with Gasteiger partial charge in [-0.05, 0) is 31.2 Å². The van der Waals surface area contributed by atoms with Gasteiger partial charge in [0.05, 0.1) is 0 Å². The number of benzene rings is 1. The maximum Gasteiger partial charge on any atom is 0.147 e. The van der Waals surface area contributed by atoms with Crippen molar-refractivity contribution in [3.63, 3.8) is 0 Å². The van der Waals surface area contributed by atoms with Gasteiger partial charge in [0.2, 0.25) is 0 Å². The summed E-state index contributed by atoms with van der Waals surface area (Å²) in [7, 11) is 0. The van der Waals surface area contributed by atoms with Crippen LogP contribution in [0, 0.1) is 6.92 Å². The third-order valence-electron chi connectivity index (χ3n) is 2.63. The van der Waals surface area contributed by atoms with Gasteiger partial charge in [-0.3, -0.25) is 0 Å². The highest BCUT2D eigenvalue weighted by Crippen LogP contribution is 2.31. The molecule has 0 aliphatic carbocycles. The number of nitrogen functional groups attached to an aromatic ring is 1. The van der Waals surface area contributed by atoms with Crippen LogP contribution in [0.4, 0.5) is 5.82 Å². The molecular weight excluding hydrogens is 280 g/mol. The first-order chi connectivity index (χ1) is 9.13. The minimum atomic E-state index is 0.670. The van der Waals surface area contributed by atoms with Gasteiger partial charge in [0, 0.05) is 21.9 Å². The Bertz CT molecular complexity index is 572. The number of rotatable bonds is 4. The Kier molecular flexibility index (Phi) is 4.63. The highest BCUT2D eigenvalue weighted by molar-refractivity contribution is 7.99. The van der Waals surface area contributed by atoms with E-state index >= 15 is 0 Å². The van der Waals surface area contributed by atoms with E-state index in [0.29, 0.717) is 5.82 Å². The standard InChI is InChI=1S/C13H15ClN4S/c1-3-11-16-12(18-15)8(2)13(17-11)19-10-6-4-9(14)5-7-10/h4-7H,3,15H2,1-2H3,(H,16,17,18). The zero-order valence-electron chi connectivity index (χ0n) is 10.8. The first kappa shape index (κ1) is 14.1. The van der Waals surface area contributed by atoms with E-state index in [9.17, 15) is 0 Å². The third kappa shape index (κ3) is 3.37. The lowest BCUT2D eigenvalue weighted by atomic mass is 10.3. The van der Waals surface area contributed by atoms with Crippen molar-refractivity contribution in [1.29, 1.82) is 0 Å². The summed E-state index contributed by atoms with van der Waals surface area (Å²) < 4.78 is 0. The average molecular weight is 295 g/mol. The molecule has 0 saturated heterocycles. The summed E-state index contributed by atoms with van der Waals surface area (Å²) in [6, 6.07) is 7.66. The van der Waals surface area contributed by atoms with E-state index in [1.54, 1.807) is 11.8 Å². The largest absolute Gasteiger partial charge is 0.308 e. The molecule has 0 saturated carbocycles. The van der Waals surface area contributed by atoms with Crippen molar-refractivity contribution in [2.24, 2.45) is 5.84 Å². The second-order valence-electron chi connectivity index (χ2n) is 3.97. The van der Waals surface area contributed by atoms with Crippen LogP contribution in [0.1, 0.15) is 18.3 Å². The van der Waals surface area contributed by atoms with Crippen molar-refractivity contribution in [3.8, 4) is 0 Å². The molecule has 0 aliphatic rings. The Morgan fingerprint density at radius 2 is 1.95 bits per heavy atom. The minimum absolute atomic E-state index is 0.670. The molecule has 0 aliphatic heterocycles. The molecule has 2 aromatic rings. The van der Waals surface area contributed by atoms with E-state index in [-0.39, 0.29) is 0 Å². The average Bonchev–Trinajstić information content (AvgIpc) is 2.43. The molecule has 0 spiro atoms. The van der Waals surface area contributed by atoms with Gasteiger partial charge < -0.3 is 5.43 Å². The number of halogens is 1. The molecule has 1 heterocycles. The smallest absolute Gasteiger partial charge is 0.147 e. The van der Waals surface area contributed by atoms with Gasteiger partial charge in [-0.15, -0.1) is 0 Å². The summed E-state index contributed by atoms with van der Waals surface area (Å²) in [5, 5.41) is 1.63. The lowest BCUT2D eigenvalue weighted by Gasteiger charge is -2.11. The number of anilines is 1. The van der Waals surface area contributed by atoms with E-state index in [4.69, 9.17) is 17.4 Å². The van der Waals surface area contributed by atoms with Gasteiger partial charge in [-0.25, -0.2) is 15.8 Å². The van der Waals surface area contributed by atoms with Crippen molar-refractivity contribution in [2.45, 2.75) is 30.2 Å². The van der Waals surface area contributed by atoms with E-state index < -0.39 is 0 Å². The number of nitrogens with one attached hydrogen (secondary N) is 1. The molecule has 0 unspecified atom stereocenters. The quantitative estimate of drug-likeness (QED) is 0.514. The summed E-state index contributed by atoms with van der Waals surface area (Å²) in [6.45, 7) is 3.97. The molecule has 19 heavy (non-hydrogen) atoms. The van der Waals surface area contributed by atoms with Crippen LogP contribution in [-0.4, -0.2) is 9.97 Å². The second-order valence-corrected chi connectivity index (χ2v) is 5.47. The fourth-order valence-corrected chi connectivity index (χ4v) is 2.57. The summed E-state index contributed by atoms with van der Waals surface area (Å²) in [4.78, 5) is 9.96. The van der Waals surface area contributed by atoms with Crippen LogP contribution in [0.3, 0.4) is 0 Å². The van der Waals surface area contributed by atoms with Crippen molar-refractivity contribution >= 4 is 29.2 Å². The number of hydrogen-bond donors (Lipinski definition) is 2. The molecule has 6 heteroatoms. The van der Waals surface area contributed by atoms with Crippen LogP contribution in [-0.2, 0) is 6.42 Å². The summed E-state index contributed by atoms with van der Waals surface area (Å²) in [6.07, 6.45) is 0.767. The first-order valence-corrected chi connectivity index (χ1v) is 7.11. The van der Waals surface area contributed by atoms with Gasteiger partial charge >= 0.3 is 0 Å². The molecule has 100 valence electrons. The van der Waals surface area contributed by atoms with Crippen LogP contribution in [0.5, 0.6) is 0 Å². The molecule has 0 radical (unpaired) electrons. The van der Waals surface area contributed by atoms with E-state index in [1.165, 1.54) is 0 Å². The number of aromatic nitrogens is 2. The third-order valence-corrected chi connectivity index (χ3v) is 3.98. The Balaban J connectivity index is 2.35. The summed E-state index contributed by atoms with van der Waals surface area (Å²) >= 11 is 7.46. The maximum absolute atomic E-state index is 5.88. The predicted octanol–water partition coefficient (Wildman–Crippen LogP) is 3.44. The summed E-state index contributed by atoms with van der Waals surface area (Å²) in [5.74, 6) is 6.93. The number of aryl methyl sites for hydroxylation is 1. The predicted molar refractivity (Wildman–Crippen MR) is 79.5 cm³/mol. The normalized spacial score (nSPS) is 10.5. The number of hydrogen-bond acceptors (Lipinski definition) is 5. The summed E-state index contributed by atoms with van der Waals surface area (Å²) in [5.41, 5.74) is 3.56. The lowest BCUT2D eigenvalue weighted by Crippen LogP contribution is -2.13. The maximum atomic E-state index is 5.88.